The van der Waals surface area contributed by atoms with E-state index in [1.54, 1.807) is 0 Å². The first-order valence-electron chi connectivity index (χ1n) is 6.27. The molecule has 1 atom stereocenters. The number of ether oxygens (including phenoxy) is 1. The number of hydrogen-bond donors (Lipinski definition) is 1. The third-order valence-corrected chi connectivity index (χ3v) is 2.70. The van der Waals surface area contributed by atoms with Crippen LogP contribution >= 0.6 is 0 Å². The number of nitrogens with two attached hydrogens (primary N) is 1. The number of hydrogen-bond acceptors (Lipinski definition) is 2. The van der Waals surface area contributed by atoms with Gasteiger partial charge in [-0.1, -0.05) is 72.5 Å². The minimum atomic E-state index is -0.249. The molecule has 0 heterocycles. The molecule has 2 heteroatoms. The molecule has 1 unspecified atom stereocenters. The van der Waals surface area contributed by atoms with Crippen molar-refractivity contribution in [3.05, 3.63) is 71.8 Å². The van der Waals surface area contributed by atoms with Gasteiger partial charge in [-0.15, -0.1) is 0 Å². The summed E-state index contributed by atoms with van der Waals surface area (Å²) in [6.45, 7) is 0.978. The molecule has 0 aliphatic rings. The van der Waals surface area contributed by atoms with Gasteiger partial charge in [0.25, 0.3) is 0 Å². The van der Waals surface area contributed by atoms with Crippen LogP contribution in [0.5, 0.6) is 0 Å². The molecule has 2 nitrogen and oxygen atoms in total. The maximum absolute atomic E-state index is 5.96. The molecule has 0 bridgehead atoms. The molecule has 0 spiro atoms. The van der Waals surface area contributed by atoms with Gasteiger partial charge in [0.15, 0.2) is 0 Å². The summed E-state index contributed by atoms with van der Waals surface area (Å²) in [6.07, 6.45) is 0. The normalized spacial score (nSPS) is 11.4. The van der Waals surface area contributed by atoms with Crippen LogP contribution in [0.3, 0.4) is 0 Å². The molecule has 2 rings (SSSR count). The van der Waals surface area contributed by atoms with Crippen molar-refractivity contribution in [2.75, 3.05) is 6.61 Å². The zero-order valence-corrected chi connectivity index (χ0v) is 10.8. The van der Waals surface area contributed by atoms with E-state index >= 15 is 0 Å². The molecule has 2 aromatic carbocycles. The summed E-state index contributed by atoms with van der Waals surface area (Å²) in [4.78, 5) is 0. The predicted octanol–water partition coefficient (Wildman–Crippen LogP) is 2.91. The van der Waals surface area contributed by atoms with E-state index in [4.69, 9.17) is 10.5 Å². The van der Waals surface area contributed by atoms with Crippen LogP contribution in [0.25, 0.3) is 0 Å². The Bertz CT molecular complexity index is 540. The largest absolute Gasteiger partial charge is 0.364 e. The fraction of sp³-hybridized carbons (Fsp3) is 0.176. The zero-order chi connectivity index (χ0) is 13.3. The van der Waals surface area contributed by atoms with Crippen LogP contribution in [0.4, 0.5) is 0 Å². The van der Waals surface area contributed by atoms with Gasteiger partial charge in [-0.25, -0.2) is 0 Å². The highest BCUT2D eigenvalue weighted by molar-refractivity contribution is 5.26. The van der Waals surface area contributed by atoms with Crippen LogP contribution in [0.2, 0.25) is 0 Å². The van der Waals surface area contributed by atoms with E-state index in [9.17, 15) is 0 Å². The van der Waals surface area contributed by atoms with Crippen molar-refractivity contribution < 1.29 is 4.74 Å². The van der Waals surface area contributed by atoms with Crippen LogP contribution in [0, 0.1) is 11.8 Å². The summed E-state index contributed by atoms with van der Waals surface area (Å²) in [7, 11) is 0. The Morgan fingerprint density at radius 2 is 1.58 bits per heavy atom. The maximum atomic E-state index is 5.96. The minimum absolute atomic E-state index is 0.249. The predicted molar refractivity (Wildman–Crippen MR) is 77.2 cm³/mol. The molecule has 2 N–H and O–H groups in total. The summed E-state index contributed by atoms with van der Waals surface area (Å²) in [5.41, 5.74) is 8.13. The fourth-order valence-electron chi connectivity index (χ4n) is 1.69. The molecule has 0 aliphatic heterocycles. The molecule has 2 aromatic rings. The molecule has 96 valence electrons. The first-order valence-corrected chi connectivity index (χ1v) is 6.27. The average Bonchev–Trinajstić information content (AvgIpc) is 2.49. The fourth-order valence-corrected chi connectivity index (χ4v) is 1.69. The van der Waals surface area contributed by atoms with Gasteiger partial charge in [0.05, 0.1) is 12.6 Å². The van der Waals surface area contributed by atoms with Crippen molar-refractivity contribution in [3.63, 3.8) is 0 Å². The Kier molecular flexibility index (Phi) is 5.18. The SMILES string of the molecule is NC(C#CCOCc1ccccc1)c1ccccc1. The topological polar surface area (TPSA) is 35.2 Å². The molecular weight excluding hydrogens is 234 g/mol. The molecule has 0 aliphatic carbocycles. The van der Waals surface area contributed by atoms with E-state index in [-0.39, 0.29) is 6.04 Å². The zero-order valence-electron chi connectivity index (χ0n) is 10.8. The van der Waals surface area contributed by atoms with Crippen LogP contribution in [0.15, 0.2) is 60.7 Å². The summed E-state index contributed by atoms with van der Waals surface area (Å²) in [6, 6.07) is 19.6. The highest BCUT2D eigenvalue weighted by atomic mass is 16.5. The van der Waals surface area contributed by atoms with Crippen molar-refractivity contribution in [2.24, 2.45) is 5.73 Å². The van der Waals surface area contributed by atoms with Gasteiger partial charge in [-0.3, -0.25) is 0 Å². The molecule has 0 aromatic heterocycles. The van der Waals surface area contributed by atoms with Gasteiger partial charge in [0, 0.05) is 0 Å². The molecule has 0 saturated carbocycles. The quantitative estimate of drug-likeness (QED) is 0.670. The van der Waals surface area contributed by atoms with Crippen molar-refractivity contribution in [3.8, 4) is 11.8 Å². The minimum Gasteiger partial charge on any atom is -0.364 e. The molecule has 0 radical (unpaired) electrons. The Morgan fingerprint density at radius 1 is 0.947 bits per heavy atom. The molecule has 0 saturated heterocycles. The highest BCUT2D eigenvalue weighted by Gasteiger charge is 1.98. The highest BCUT2D eigenvalue weighted by Crippen LogP contribution is 2.07. The van der Waals surface area contributed by atoms with Crippen LogP contribution in [-0.2, 0) is 11.3 Å². The molecule has 19 heavy (non-hydrogen) atoms. The van der Waals surface area contributed by atoms with E-state index in [0.29, 0.717) is 13.2 Å². The second-order valence-electron chi connectivity index (χ2n) is 4.19. The van der Waals surface area contributed by atoms with Crippen molar-refractivity contribution >= 4 is 0 Å². The Hall–Kier alpha value is -2.08. The van der Waals surface area contributed by atoms with E-state index in [1.165, 1.54) is 0 Å². The molecular formula is C17H17NO. The molecule has 0 amide bonds. The van der Waals surface area contributed by atoms with Crippen molar-refractivity contribution in [1.82, 2.24) is 0 Å². The van der Waals surface area contributed by atoms with Gasteiger partial charge in [-0.2, -0.15) is 0 Å². The summed E-state index contributed by atoms with van der Waals surface area (Å²) < 4.78 is 5.48. The van der Waals surface area contributed by atoms with E-state index in [2.05, 4.69) is 11.8 Å². The summed E-state index contributed by atoms with van der Waals surface area (Å²) >= 11 is 0. The lowest BCUT2D eigenvalue weighted by Gasteiger charge is -2.03. The maximum Gasteiger partial charge on any atom is 0.108 e. The lowest BCUT2D eigenvalue weighted by molar-refractivity contribution is 0.153. The molecule has 0 fully saturated rings. The smallest absolute Gasteiger partial charge is 0.108 e. The lowest BCUT2D eigenvalue weighted by Crippen LogP contribution is -2.07. The van der Waals surface area contributed by atoms with Crippen LogP contribution in [0.1, 0.15) is 17.2 Å². The summed E-state index contributed by atoms with van der Waals surface area (Å²) in [5, 5.41) is 0. The third-order valence-electron chi connectivity index (χ3n) is 2.70. The first-order chi connectivity index (χ1) is 9.36. The Morgan fingerprint density at radius 3 is 2.26 bits per heavy atom. The first kappa shape index (κ1) is 13.4. The number of benzene rings is 2. The van der Waals surface area contributed by atoms with E-state index in [1.807, 2.05) is 60.7 Å². The van der Waals surface area contributed by atoms with Crippen LogP contribution < -0.4 is 5.73 Å². The third kappa shape index (κ3) is 4.59. The second-order valence-corrected chi connectivity index (χ2v) is 4.19. The lowest BCUT2D eigenvalue weighted by atomic mass is 10.1. The second kappa shape index (κ2) is 7.38. The van der Waals surface area contributed by atoms with Gasteiger partial charge >= 0.3 is 0 Å². The average molecular weight is 251 g/mol. The van der Waals surface area contributed by atoms with Gasteiger partial charge < -0.3 is 10.5 Å². The monoisotopic (exact) mass is 251 g/mol. The number of rotatable bonds is 4. The van der Waals surface area contributed by atoms with Gasteiger partial charge in [-0.05, 0) is 11.1 Å². The van der Waals surface area contributed by atoms with Gasteiger partial charge in [0.1, 0.15) is 6.61 Å². The van der Waals surface area contributed by atoms with E-state index in [0.717, 1.165) is 11.1 Å². The van der Waals surface area contributed by atoms with E-state index < -0.39 is 0 Å². The van der Waals surface area contributed by atoms with Crippen molar-refractivity contribution in [1.29, 1.82) is 0 Å². The van der Waals surface area contributed by atoms with Crippen LogP contribution in [-0.4, -0.2) is 6.61 Å². The van der Waals surface area contributed by atoms with Gasteiger partial charge in [0.2, 0.25) is 0 Å². The Balaban J connectivity index is 1.76. The standard InChI is InChI=1S/C17H17NO/c18-17(16-10-5-2-6-11-16)12-7-13-19-14-15-8-3-1-4-9-15/h1-6,8-11,17H,13-14,18H2. The Labute approximate surface area is 114 Å². The van der Waals surface area contributed by atoms with Crippen molar-refractivity contribution in [2.45, 2.75) is 12.6 Å². The summed E-state index contributed by atoms with van der Waals surface area (Å²) in [5.74, 6) is 5.94.